The van der Waals surface area contributed by atoms with Gasteiger partial charge in [0.05, 0.1) is 32.5 Å². The largest absolute Gasteiger partial charge is 0.504 e. The van der Waals surface area contributed by atoms with E-state index >= 15 is 0 Å². The molecule has 294 valence electrons. The predicted octanol–water partition coefficient (Wildman–Crippen LogP) is -0.790. The summed E-state index contributed by atoms with van der Waals surface area (Å²) in [6, 6.07) is 11.4. The normalized spacial score (nSPS) is 28.0. The van der Waals surface area contributed by atoms with Crippen molar-refractivity contribution in [1.29, 1.82) is 0 Å². The van der Waals surface area contributed by atoms with E-state index in [2.05, 4.69) is 0 Å². The number of hydrogen-bond donors (Lipinski definition) is 8. The molecule has 0 unspecified atom stereocenters. The molecule has 3 aromatic rings. The Bertz CT molecular complexity index is 1770. The van der Waals surface area contributed by atoms with Crippen molar-refractivity contribution in [3.8, 4) is 40.2 Å². The van der Waals surface area contributed by atoms with Crippen LogP contribution >= 0.6 is 0 Å². The Morgan fingerprint density at radius 2 is 0.981 bits per heavy atom. The van der Waals surface area contributed by atoms with Gasteiger partial charge in [0, 0.05) is 6.07 Å². The molecule has 3 aromatic carbocycles. The second-order valence-electron chi connectivity index (χ2n) is 12.0. The van der Waals surface area contributed by atoms with Gasteiger partial charge in [0.25, 0.3) is 0 Å². The van der Waals surface area contributed by atoms with Crippen LogP contribution in [0.2, 0.25) is 0 Å². The first-order chi connectivity index (χ1) is 25.8. The molecule has 10 atom stereocenters. The fraction of sp³-hybridized carbons (Fsp3) is 0.429. The fourth-order valence-corrected chi connectivity index (χ4v) is 5.47. The van der Waals surface area contributed by atoms with E-state index in [4.69, 9.17) is 42.6 Å². The fourth-order valence-electron chi connectivity index (χ4n) is 5.47. The number of carbonyl (C=O) groups is 2. The molecule has 54 heavy (non-hydrogen) atoms. The average molecular weight is 765 g/mol. The van der Waals surface area contributed by atoms with E-state index in [0.29, 0.717) is 0 Å². The summed E-state index contributed by atoms with van der Waals surface area (Å²) in [6.07, 6.45) is -16.4. The Balaban J connectivity index is 1.22. The lowest BCUT2D eigenvalue weighted by Gasteiger charge is -2.40. The van der Waals surface area contributed by atoms with Crippen LogP contribution in [-0.2, 0) is 18.9 Å². The number of aromatic hydroxyl groups is 2. The quantitative estimate of drug-likeness (QED) is 0.0990. The minimum absolute atomic E-state index is 0.00464. The van der Waals surface area contributed by atoms with Gasteiger partial charge in [-0.3, -0.25) is 0 Å². The number of benzene rings is 3. The van der Waals surface area contributed by atoms with Gasteiger partial charge in [-0.2, -0.15) is 0 Å². The van der Waals surface area contributed by atoms with Crippen LogP contribution in [0.25, 0.3) is 0 Å². The van der Waals surface area contributed by atoms with Crippen molar-refractivity contribution in [2.75, 3.05) is 34.5 Å². The van der Waals surface area contributed by atoms with Crippen molar-refractivity contribution in [3.63, 3.8) is 0 Å². The summed E-state index contributed by atoms with van der Waals surface area (Å²) in [5.41, 5.74) is 0.0265. The molecular formula is C35H40O19. The van der Waals surface area contributed by atoms with Crippen LogP contribution in [0.5, 0.6) is 40.2 Å². The van der Waals surface area contributed by atoms with E-state index in [1.807, 2.05) is 0 Å². The minimum atomic E-state index is -1.79. The number of esters is 2. The van der Waals surface area contributed by atoms with E-state index < -0.39 is 86.6 Å². The van der Waals surface area contributed by atoms with E-state index in [1.165, 1.54) is 75.9 Å². The molecule has 2 saturated heterocycles. The van der Waals surface area contributed by atoms with Crippen LogP contribution in [0.3, 0.4) is 0 Å². The first-order valence-corrected chi connectivity index (χ1v) is 16.2. The maximum atomic E-state index is 12.6. The van der Waals surface area contributed by atoms with Crippen LogP contribution in [0.1, 0.15) is 20.7 Å². The summed E-state index contributed by atoms with van der Waals surface area (Å²) in [6.45, 7) is -1.15. The van der Waals surface area contributed by atoms with Gasteiger partial charge in [-0.1, -0.05) is 0 Å². The van der Waals surface area contributed by atoms with E-state index in [0.717, 1.165) is 0 Å². The molecule has 8 N–H and O–H groups in total. The van der Waals surface area contributed by atoms with Gasteiger partial charge in [-0.25, -0.2) is 9.59 Å². The Morgan fingerprint density at radius 3 is 1.43 bits per heavy atom. The number of phenols is 2. The zero-order chi connectivity index (χ0) is 39.3. The maximum Gasteiger partial charge on any atom is 0.338 e. The number of hydrogen-bond acceptors (Lipinski definition) is 19. The summed E-state index contributed by atoms with van der Waals surface area (Å²) in [7, 11) is 3.86. The lowest BCUT2D eigenvalue weighted by Crippen LogP contribution is -2.60. The molecule has 2 fully saturated rings. The van der Waals surface area contributed by atoms with Crippen LogP contribution in [-0.4, -0.2) is 149 Å². The first-order valence-electron chi connectivity index (χ1n) is 16.2. The topological polar surface area (TPSA) is 279 Å². The predicted molar refractivity (Wildman–Crippen MR) is 177 cm³/mol. The molecule has 2 aliphatic rings. The molecule has 2 heterocycles. The molecular weight excluding hydrogens is 724 g/mol. The van der Waals surface area contributed by atoms with Gasteiger partial charge >= 0.3 is 11.9 Å². The summed E-state index contributed by atoms with van der Waals surface area (Å²) >= 11 is 0. The zero-order valence-electron chi connectivity index (χ0n) is 29.0. The van der Waals surface area contributed by atoms with Crippen molar-refractivity contribution in [2.45, 2.75) is 61.4 Å². The van der Waals surface area contributed by atoms with Crippen molar-refractivity contribution in [1.82, 2.24) is 0 Å². The molecule has 0 aromatic heterocycles. The van der Waals surface area contributed by atoms with Crippen LogP contribution in [0, 0.1) is 0 Å². The monoisotopic (exact) mass is 764 g/mol. The van der Waals surface area contributed by atoms with Gasteiger partial charge in [0.1, 0.15) is 67.8 Å². The zero-order valence-corrected chi connectivity index (χ0v) is 29.0. The third-order valence-corrected chi connectivity index (χ3v) is 8.56. The van der Waals surface area contributed by atoms with Crippen molar-refractivity contribution < 1.29 is 93.1 Å². The number of aliphatic hydroxyl groups excluding tert-OH is 6. The number of ether oxygens (including phenoxy) is 9. The first kappa shape index (κ1) is 40.1. The van der Waals surface area contributed by atoms with E-state index in [9.17, 15) is 50.4 Å². The Kier molecular flexibility index (Phi) is 12.9. The van der Waals surface area contributed by atoms with Crippen molar-refractivity contribution >= 4 is 11.9 Å². The van der Waals surface area contributed by atoms with Crippen molar-refractivity contribution in [2.24, 2.45) is 0 Å². The number of aliphatic hydroxyl groups is 6. The van der Waals surface area contributed by atoms with Gasteiger partial charge in [-0.05, 0) is 48.5 Å². The Hall–Kier alpha value is -5.12. The molecule has 0 saturated carbocycles. The standard InChI is InChI=1S/C35H40O19/c1-46-21-10-15(4-7-18(21)36)32(44)49-13-24-26(38)28(40)30(42)34(53-24)51-17-6-9-20(23(12-17)48-3)52-35-31(43)29(41)27(39)25(54-35)14-50-33(45)16-5-8-19(37)22(11-16)47-2/h4-12,24-31,34-43H,13-14H2,1-3H3/t24-,25-,26-,27-,28+,29+,30-,31-,34-,35-/m1/s1. The summed E-state index contributed by atoms with van der Waals surface area (Å²) in [5.74, 6) is -2.17. The highest BCUT2D eigenvalue weighted by Gasteiger charge is 2.47. The van der Waals surface area contributed by atoms with E-state index in [-0.39, 0.29) is 51.4 Å². The lowest BCUT2D eigenvalue weighted by molar-refractivity contribution is -0.278. The van der Waals surface area contributed by atoms with Crippen LogP contribution in [0.4, 0.5) is 0 Å². The number of phenolic OH excluding ortho intramolecular Hbond substituents is 2. The third kappa shape index (κ3) is 8.80. The van der Waals surface area contributed by atoms with Crippen LogP contribution in [0.15, 0.2) is 54.6 Å². The minimum Gasteiger partial charge on any atom is -0.504 e. The number of methoxy groups -OCH3 is 3. The van der Waals surface area contributed by atoms with Gasteiger partial charge in [0.2, 0.25) is 12.6 Å². The molecule has 0 radical (unpaired) electrons. The molecule has 0 bridgehead atoms. The molecule has 19 nitrogen and oxygen atoms in total. The molecule has 2 aliphatic heterocycles. The number of rotatable bonds is 13. The highest BCUT2D eigenvalue weighted by molar-refractivity contribution is 5.90. The highest BCUT2D eigenvalue weighted by Crippen LogP contribution is 2.36. The number of carbonyl (C=O) groups excluding carboxylic acids is 2. The van der Waals surface area contributed by atoms with Gasteiger partial charge in [-0.15, -0.1) is 0 Å². The summed E-state index contributed by atoms with van der Waals surface area (Å²) < 4.78 is 48.6. The molecule has 0 spiro atoms. The highest BCUT2D eigenvalue weighted by atomic mass is 16.7. The Morgan fingerprint density at radius 1 is 0.537 bits per heavy atom. The lowest BCUT2D eigenvalue weighted by atomic mass is 9.99. The molecule has 0 aliphatic carbocycles. The maximum absolute atomic E-state index is 12.6. The van der Waals surface area contributed by atoms with Crippen molar-refractivity contribution in [3.05, 3.63) is 65.7 Å². The second-order valence-corrected chi connectivity index (χ2v) is 12.0. The Labute approximate surface area is 306 Å². The summed E-state index contributed by atoms with van der Waals surface area (Å²) in [5, 5.41) is 82.8. The SMILES string of the molecule is COc1cc(C(=O)OC[C@H]2O[C@@H](Oc3ccc(O[C@@H]4O[C@H](COC(=O)c5ccc(O)c(OC)c5)[C@@H](O)[C@H](O)[C@H]4O)c(OC)c3)[C@H](O)[C@@H](O)[C@@H]2O)ccc1O. The molecule has 19 heteroatoms. The van der Waals surface area contributed by atoms with Gasteiger partial charge in [0.15, 0.2) is 34.5 Å². The average Bonchev–Trinajstić information content (AvgIpc) is 3.17. The van der Waals surface area contributed by atoms with Gasteiger partial charge < -0.3 is 83.5 Å². The third-order valence-electron chi connectivity index (χ3n) is 8.56. The smallest absolute Gasteiger partial charge is 0.338 e. The van der Waals surface area contributed by atoms with Crippen LogP contribution < -0.4 is 23.7 Å². The second kappa shape index (κ2) is 17.3. The molecule has 0 amide bonds. The van der Waals surface area contributed by atoms with E-state index in [1.54, 1.807) is 0 Å². The molecule has 5 rings (SSSR count). The summed E-state index contributed by atoms with van der Waals surface area (Å²) in [4.78, 5) is 25.2.